The van der Waals surface area contributed by atoms with Crippen LogP contribution in [-0.4, -0.2) is 31.7 Å². The summed E-state index contributed by atoms with van der Waals surface area (Å²) >= 11 is 6.16. The van der Waals surface area contributed by atoms with E-state index >= 15 is 0 Å². The number of rotatable bonds is 4. The molecule has 7 heteroatoms. The average Bonchev–Trinajstić information content (AvgIpc) is 3.24. The Kier molecular flexibility index (Phi) is 5.10. The summed E-state index contributed by atoms with van der Waals surface area (Å²) in [6, 6.07) is 17.7. The second-order valence-corrected chi connectivity index (χ2v) is 9.05. The third-order valence-corrected chi connectivity index (χ3v) is 7.29. The van der Waals surface area contributed by atoms with E-state index < -0.39 is 10.0 Å². The molecule has 1 amide bonds. The van der Waals surface area contributed by atoms with Gasteiger partial charge < -0.3 is 5.32 Å². The number of benzene rings is 3. The van der Waals surface area contributed by atoms with E-state index in [4.69, 9.17) is 11.6 Å². The van der Waals surface area contributed by atoms with E-state index in [2.05, 4.69) is 5.32 Å². The monoisotopic (exact) mass is 414 g/mol. The molecule has 0 unspecified atom stereocenters. The van der Waals surface area contributed by atoms with Crippen molar-refractivity contribution in [3.63, 3.8) is 0 Å². The molecule has 5 nitrogen and oxygen atoms in total. The minimum absolute atomic E-state index is 0.0263. The molecular weight excluding hydrogens is 396 g/mol. The second kappa shape index (κ2) is 7.54. The molecule has 4 rings (SSSR count). The van der Waals surface area contributed by atoms with E-state index in [0.29, 0.717) is 18.8 Å². The van der Waals surface area contributed by atoms with Crippen molar-refractivity contribution in [3.05, 3.63) is 71.2 Å². The normalized spacial score (nSPS) is 15.0. The van der Waals surface area contributed by atoms with Crippen LogP contribution in [-0.2, 0) is 10.0 Å². The molecule has 1 N–H and O–H groups in total. The van der Waals surface area contributed by atoms with E-state index in [9.17, 15) is 13.2 Å². The van der Waals surface area contributed by atoms with Crippen molar-refractivity contribution >= 4 is 44.0 Å². The van der Waals surface area contributed by atoms with Gasteiger partial charge in [-0.2, -0.15) is 4.31 Å². The summed E-state index contributed by atoms with van der Waals surface area (Å²) in [6.07, 6.45) is 1.66. The maximum Gasteiger partial charge on any atom is 0.255 e. The molecule has 3 aromatic rings. The Balaban J connectivity index is 1.67. The standard InChI is InChI=1S/C21H19ClN2O3S/c22-18-11-10-16(14-20(18)28(26,27)24-12-3-4-13-24)21(25)23-19-9-5-7-15-6-1-2-8-17(15)19/h1-2,5-11,14H,3-4,12-13H2,(H,23,25). The smallest absolute Gasteiger partial charge is 0.255 e. The van der Waals surface area contributed by atoms with Crippen LogP contribution >= 0.6 is 11.6 Å². The highest BCUT2D eigenvalue weighted by Gasteiger charge is 2.29. The molecule has 0 bridgehead atoms. The van der Waals surface area contributed by atoms with Gasteiger partial charge in [-0.3, -0.25) is 4.79 Å². The first-order valence-corrected chi connectivity index (χ1v) is 10.9. The van der Waals surface area contributed by atoms with Gasteiger partial charge in [0.1, 0.15) is 4.90 Å². The first-order valence-electron chi connectivity index (χ1n) is 9.05. The number of hydrogen-bond donors (Lipinski definition) is 1. The minimum atomic E-state index is -3.71. The van der Waals surface area contributed by atoms with E-state index in [-0.39, 0.29) is 21.4 Å². The van der Waals surface area contributed by atoms with Crippen LogP contribution in [0.15, 0.2) is 65.6 Å². The number of halogens is 1. The van der Waals surface area contributed by atoms with Gasteiger partial charge >= 0.3 is 0 Å². The van der Waals surface area contributed by atoms with Gasteiger partial charge in [0.25, 0.3) is 5.91 Å². The summed E-state index contributed by atoms with van der Waals surface area (Å²) in [7, 11) is -3.71. The molecule has 1 saturated heterocycles. The van der Waals surface area contributed by atoms with Crippen molar-refractivity contribution in [2.75, 3.05) is 18.4 Å². The average molecular weight is 415 g/mol. The molecule has 1 heterocycles. The van der Waals surface area contributed by atoms with Crippen LogP contribution < -0.4 is 5.32 Å². The molecular formula is C21H19ClN2O3S. The maximum absolute atomic E-state index is 12.9. The van der Waals surface area contributed by atoms with Crippen molar-refractivity contribution < 1.29 is 13.2 Å². The lowest BCUT2D eigenvalue weighted by Gasteiger charge is -2.17. The fraction of sp³-hybridized carbons (Fsp3) is 0.190. The predicted octanol–water partition coefficient (Wildman–Crippen LogP) is 4.53. The summed E-state index contributed by atoms with van der Waals surface area (Å²) < 4.78 is 27.2. The van der Waals surface area contributed by atoms with Gasteiger partial charge in [0.2, 0.25) is 10.0 Å². The highest BCUT2D eigenvalue weighted by molar-refractivity contribution is 7.89. The van der Waals surface area contributed by atoms with Crippen molar-refractivity contribution in [1.82, 2.24) is 4.31 Å². The zero-order valence-electron chi connectivity index (χ0n) is 15.1. The molecule has 0 spiro atoms. The van der Waals surface area contributed by atoms with Gasteiger partial charge in [-0.1, -0.05) is 48.0 Å². The van der Waals surface area contributed by atoms with E-state index in [1.54, 1.807) is 0 Å². The van der Waals surface area contributed by atoms with Gasteiger partial charge in [0, 0.05) is 29.7 Å². The Morgan fingerprint density at radius 1 is 0.964 bits per heavy atom. The lowest BCUT2D eigenvalue weighted by Crippen LogP contribution is -2.28. The van der Waals surface area contributed by atoms with Crippen LogP contribution in [0.3, 0.4) is 0 Å². The highest BCUT2D eigenvalue weighted by Crippen LogP contribution is 2.29. The molecule has 1 fully saturated rings. The SMILES string of the molecule is O=C(Nc1cccc2ccccc12)c1ccc(Cl)c(S(=O)(=O)N2CCCC2)c1. The van der Waals surface area contributed by atoms with Gasteiger partial charge in [-0.05, 0) is 42.5 Å². The molecule has 0 saturated carbocycles. The number of carbonyl (C=O) groups is 1. The molecule has 0 aliphatic carbocycles. The molecule has 0 radical (unpaired) electrons. The largest absolute Gasteiger partial charge is 0.321 e. The molecule has 0 aromatic heterocycles. The van der Waals surface area contributed by atoms with E-state index in [1.165, 1.54) is 22.5 Å². The fourth-order valence-electron chi connectivity index (χ4n) is 3.44. The number of fused-ring (bicyclic) bond motifs is 1. The number of nitrogens with zero attached hydrogens (tertiary/aromatic N) is 1. The second-order valence-electron chi connectivity index (χ2n) is 6.74. The molecule has 144 valence electrons. The Labute approximate surface area is 169 Å². The number of hydrogen-bond acceptors (Lipinski definition) is 3. The number of amides is 1. The number of nitrogens with one attached hydrogen (secondary N) is 1. The predicted molar refractivity (Wildman–Crippen MR) is 111 cm³/mol. The summed E-state index contributed by atoms with van der Waals surface area (Å²) in [5, 5.41) is 4.92. The number of sulfonamides is 1. The number of carbonyl (C=O) groups excluding carboxylic acids is 1. The first kappa shape index (κ1) is 18.9. The third-order valence-electron chi connectivity index (χ3n) is 4.91. The van der Waals surface area contributed by atoms with Crippen LogP contribution in [0, 0.1) is 0 Å². The van der Waals surface area contributed by atoms with E-state index in [1.807, 2.05) is 42.5 Å². The molecule has 1 aliphatic heterocycles. The summed E-state index contributed by atoms with van der Waals surface area (Å²) in [5.74, 6) is -0.383. The molecule has 3 aromatic carbocycles. The molecule has 28 heavy (non-hydrogen) atoms. The Morgan fingerprint density at radius 3 is 2.46 bits per heavy atom. The van der Waals surface area contributed by atoms with Gasteiger partial charge in [0.15, 0.2) is 0 Å². The quantitative estimate of drug-likeness (QED) is 0.682. The molecule has 1 aliphatic rings. The number of anilines is 1. The van der Waals surface area contributed by atoms with Gasteiger partial charge in [-0.15, -0.1) is 0 Å². The first-order chi connectivity index (χ1) is 13.5. The summed E-state index contributed by atoms with van der Waals surface area (Å²) in [6.45, 7) is 0.955. The van der Waals surface area contributed by atoms with Crippen molar-refractivity contribution in [2.45, 2.75) is 17.7 Å². The van der Waals surface area contributed by atoms with Crippen LogP contribution in [0.2, 0.25) is 5.02 Å². The van der Waals surface area contributed by atoms with Crippen LogP contribution in [0.1, 0.15) is 23.2 Å². The molecule has 0 atom stereocenters. The van der Waals surface area contributed by atoms with Crippen molar-refractivity contribution in [1.29, 1.82) is 0 Å². The summed E-state index contributed by atoms with van der Waals surface area (Å²) in [5.41, 5.74) is 0.914. The van der Waals surface area contributed by atoms with Crippen LogP contribution in [0.25, 0.3) is 10.8 Å². The van der Waals surface area contributed by atoms with Crippen LogP contribution in [0.4, 0.5) is 5.69 Å². The van der Waals surface area contributed by atoms with Gasteiger partial charge in [-0.25, -0.2) is 8.42 Å². The zero-order chi connectivity index (χ0) is 19.7. The Bertz CT molecular complexity index is 1150. The fourth-order valence-corrected chi connectivity index (χ4v) is 5.46. The zero-order valence-corrected chi connectivity index (χ0v) is 16.6. The van der Waals surface area contributed by atoms with Gasteiger partial charge in [0.05, 0.1) is 5.02 Å². The van der Waals surface area contributed by atoms with E-state index in [0.717, 1.165) is 23.6 Å². The minimum Gasteiger partial charge on any atom is -0.321 e. The van der Waals surface area contributed by atoms with Crippen molar-refractivity contribution in [2.24, 2.45) is 0 Å². The topological polar surface area (TPSA) is 66.5 Å². The summed E-state index contributed by atoms with van der Waals surface area (Å²) in [4.78, 5) is 12.8. The third kappa shape index (κ3) is 3.51. The maximum atomic E-state index is 12.9. The Hall–Kier alpha value is -2.41. The highest BCUT2D eigenvalue weighted by atomic mass is 35.5. The van der Waals surface area contributed by atoms with Crippen LogP contribution in [0.5, 0.6) is 0 Å². The lowest BCUT2D eigenvalue weighted by atomic mass is 10.1. The lowest BCUT2D eigenvalue weighted by molar-refractivity contribution is 0.102. The van der Waals surface area contributed by atoms with Crippen molar-refractivity contribution in [3.8, 4) is 0 Å². The Morgan fingerprint density at radius 2 is 1.68 bits per heavy atom.